The third kappa shape index (κ3) is 42.9. The van der Waals surface area contributed by atoms with E-state index in [0.29, 0.717) is 6.42 Å². The van der Waals surface area contributed by atoms with Crippen molar-refractivity contribution in [3.05, 3.63) is 72.9 Å². The Morgan fingerprint density at radius 1 is 0.544 bits per heavy atom. The number of hydrogen-bond donors (Lipinski definition) is 2. The molecule has 0 radical (unpaired) electrons. The molecule has 0 aromatic rings. The second-order valence-electron chi connectivity index (χ2n) is 14.5. The Bertz CT molecular complexity index is 1160. The van der Waals surface area contributed by atoms with Crippen LogP contribution in [-0.2, 0) is 32.7 Å². The molecule has 0 fully saturated rings. The van der Waals surface area contributed by atoms with Crippen molar-refractivity contribution in [2.45, 2.75) is 187 Å². The Morgan fingerprint density at radius 2 is 0.965 bits per heavy atom. The van der Waals surface area contributed by atoms with Gasteiger partial charge in [-0.2, -0.15) is 0 Å². The van der Waals surface area contributed by atoms with Gasteiger partial charge in [-0.05, 0) is 64.2 Å². The maximum Gasteiger partial charge on any atom is 0.472 e. The van der Waals surface area contributed by atoms with Gasteiger partial charge in [0.1, 0.15) is 6.61 Å². The summed E-state index contributed by atoms with van der Waals surface area (Å²) in [5, 5.41) is 0. The van der Waals surface area contributed by atoms with Crippen molar-refractivity contribution in [2.75, 3.05) is 26.4 Å². The first-order chi connectivity index (χ1) is 27.8. The zero-order chi connectivity index (χ0) is 41.8. The number of rotatable bonds is 41. The number of ether oxygens (including phenoxy) is 2. The minimum absolute atomic E-state index is 0.0505. The summed E-state index contributed by atoms with van der Waals surface area (Å²) in [5.74, 6) is -0.844. The number of esters is 2. The molecule has 57 heavy (non-hydrogen) atoms. The molecule has 0 heterocycles. The van der Waals surface area contributed by atoms with Crippen LogP contribution in [0, 0.1) is 0 Å². The number of hydrogen-bond acceptors (Lipinski definition) is 8. The highest BCUT2D eigenvalue weighted by Gasteiger charge is 2.26. The molecule has 0 saturated carbocycles. The Hall–Kier alpha value is -2.55. The van der Waals surface area contributed by atoms with Gasteiger partial charge in [0.2, 0.25) is 0 Å². The van der Waals surface area contributed by atoms with E-state index in [-0.39, 0.29) is 32.6 Å². The van der Waals surface area contributed by atoms with Crippen molar-refractivity contribution < 1.29 is 37.6 Å². The minimum Gasteiger partial charge on any atom is -0.462 e. The monoisotopic (exact) mass is 820 g/mol. The van der Waals surface area contributed by atoms with Gasteiger partial charge >= 0.3 is 19.8 Å². The first-order valence-electron chi connectivity index (χ1n) is 22.4. The first kappa shape index (κ1) is 54.5. The van der Waals surface area contributed by atoms with E-state index in [1.54, 1.807) is 0 Å². The fourth-order valence-corrected chi connectivity index (χ4v) is 6.58. The van der Waals surface area contributed by atoms with Crippen molar-refractivity contribution >= 4 is 19.8 Å². The lowest BCUT2D eigenvalue weighted by atomic mass is 10.0. The maximum absolute atomic E-state index is 12.6. The van der Waals surface area contributed by atoms with E-state index < -0.39 is 32.5 Å². The quantitative estimate of drug-likeness (QED) is 0.0267. The van der Waals surface area contributed by atoms with Crippen molar-refractivity contribution in [3.63, 3.8) is 0 Å². The van der Waals surface area contributed by atoms with E-state index >= 15 is 0 Å². The van der Waals surface area contributed by atoms with Crippen LogP contribution in [0.25, 0.3) is 0 Å². The summed E-state index contributed by atoms with van der Waals surface area (Å²) in [6.07, 6.45) is 52.5. The number of allylic oxidation sites excluding steroid dienone is 12. The van der Waals surface area contributed by atoms with Crippen LogP contribution in [0.3, 0.4) is 0 Å². The molecule has 2 atom stereocenters. The summed E-state index contributed by atoms with van der Waals surface area (Å²) < 4.78 is 32.6. The first-order valence-corrected chi connectivity index (χ1v) is 23.9. The fourth-order valence-electron chi connectivity index (χ4n) is 5.81. The van der Waals surface area contributed by atoms with Crippen LogP contribution < -0.4 is 5.73 Å². The number of phosphoric ester groups is 1. The fraction of sp³-hybridized carbons (Fsp3) is 0.702. The number of phosphoric acid groups is 1. The lowest BCUT2D eigenvalue weighted by Crippen LogP contribution is -2.29. The van der Waals surface area contributed by atoms with Gasteiger partial charge in [0.25, 0.3) is 0 Å². The highest BCUT2D eigenvalue weighted by atomic mass is 31.2. The lowest BCUT2D eigenvalue weighted by molar-refractivity contribution is -0.161. The Balaban J connectivity index is 3.97. The smallest absolute Gasteiger partial charge is 0.462 e. The number of nitrogens with two attached hydrogens (primary N) is 1. The zero-order valence-electron chi connectivity index (χ0n) is 36.0. The number of carbonyl (C=O) groups excluding carboxylic acids is 2. The molecule has 0 bridgehead atoms. The van der Waals surface area contributed by atoms with Crippen molar-refractivity contribution in [2.24, 2.45) is 5.73 Å². The molecule has 0 rings (SSSR count). The van der Waals surface area contributed by atoms with Crippen molar-refractivity contribution in [1.29, 1.82) is 0 Å². The summed E-state index contributed by atoms with van der Waals surface area (Å²) in [5.41, 5.74) is 5.33. The number of unbranched alkanes of at least 4 members (excludes halogenated alkanes) is 16. The third-order valence-corrected chi connectivity index (χ3v) is 10.1. The molecule has 0 aromatic carbocycles. The minimum atomic E-state index is -4.37. The second kappa shape index (κ2) is 43.0. The largest absolute Gasteiger partial charge is 0.472 e. The van der Waals surface area contributed by atoms with Gasteiger partial charge in [0.05, 0.1) is 13.2 Å². The predicted octanol–water partition coefficient (Wildman–Crippen LogP) is 13.1. The predicted molar refractivity (Wildman–Crippen MR) is 238 cm³/mol. The summed E-state index contributed by atoms with van der Waals surface area (Å²) in [6, 6.07) is 0. The molecule has 328 valence electrons. The van der Waals surface area contributed by atoms with Crippen molar-refractivity contribution in [1.82, 2.24) is 0 Å². The highest BCUT2D eigenvalue weighted by molar-refractivity contribution is 7.47. The maximum atomic E-state index is 12.6. The van der Waals surface area contributed by atoms with Crippen LogP contribution in [0.5, 0.6) is 0 Å². The van der Waals surface area contributed by atoms with Crippen LogP contribution in [0.4, 0.5) is 0 Å². The van der Waals surface area contributed by atoms with Gasteiger partial charge < -0.3 is 20.1 Å². The SMILES string of the molecule is CC/C=C\C/C=C\C/C=C\C/C=C\C/C=C\C/C=C\CCCCCCCCCCCCC(=O)OC(COC(=O)CCCCCCCCC)COP(=O)(O)OCCN. The Morgan fingerprint density at radius 3 is 1.44 bits per heavy atom. The van der Waals surface area contributed by atoms with Crippen molar-refractivity contribution in [3.8, 4) is 0 Å². The van der Waals surface area contributed by atoms with E-state index in [1.807, 2.05) is 0 Å². The summed E-state index contributed by atoms with van der Waals surface area (Å²) in [6.45, 7) is 3.55. The van der Waals surface area contributed by atoms with E-state index in [0.717, 1.165) is 83.5 Å². The molecular weight excluding hydrogens is 737 g/mol. The van der Waals surface area contributed by atoms with Crippen LogP contribution in [0.2, 0.25) is 0 Å². The number of carbonyl (C=O) groups is 2. The van der Waals surface area contributed by atoms with Crippen LogP contribution >= 0.6 is 7.82 Å². The van der Waals surface area contributed by atoms with E-state index in [4.69, 9.17) is 24.3 Å². The molecule has 0 aromatic heterocycles. The Labute approximate surface area is 348 Å². The summed E-state index contributed by atoms with van der Waals surface area (Å²) >= 11 is 0. The highest BCUT2D eigenvalue weighted by Crippen LogP contribution is 2.43. The van der Waals surface area contributed by atoms with Crippen LogP contribution in [0.1, 0.15) is 181 Å². The van der Waals surface area contributed by atoms with Gasteiger partial charge in [-0.3, -0.25) is 18.6 Å². The third-order valence-electron chi connectivity index (χ3n) is 9.11. The average Bonchev–Trinajstić information content (AvgIpc) is 3.20. The molecule has 10 heteroatoms. The van der Waals surface area contributed by atoms with Gasteiger partial charge in [-0.25, -0.2) is 4.57 Å². The van der Waals surface area contributed by atoms with Gasteiger partial charge in [0, 0.05) is 19.4 Å². The molecule has 0 spiro atoms. The van der Waals surface area contributed by atoms with Gasteiger partial charge in [0.15, 0.2) is 6.10 Å². The molecule has 0 aliphatic carbocycles. The molecule has 0 saturated heterocycles. The molecule has 2 unspecified atom stereocenters. The standard InChI is InChI=1S/C47H82NO8P/c1-3-5-7-9-11-12-13-14-15-16-17-18-19-20-21-22-23-24-25-26-27-28-29-30-31-32-34-36-38-40-47(50)56-45(44-55-57(51,52)54-42-41-48)43-53-46(49)39-37-35-33-10-8-6-4-2/h5,7,11-12,14-15,17-18,20-21,23-24,45H,3-4,6,8-10,13,16,19,22,25-44,48H2,1-2H3,(H,51,52)/b7-5-,12-11-,15-14-,18-17-,21-20-,24-23-. The van der Waals surface area contributed by atoms with Gasteiger partial charge in [-0.1, -0.05) is 177 Å². The normalized spacial score (nSPS) is 14.0. The van der Waals surface area contributed by atoms with E-state index in [9.17, 15) is 19.0 Å². The van der Waals surface area contributed by atoms with E-state index in [1.165, 1.54) is 64.2 Å². The zero-order valence-corrected chi connectivity index (χ0v) is 36.9. The molecule has 9 nitrogen and oxygen atoms in total. The molecule has 0 aliphatic heterocycles. The van der Waals surface area contributed by atoms with Crippen LogP contribution in [-0.4, -0.2) is 49.3 Å². The average molecular weight is 820 g/mol. The van der Waals surface area contributed by atoms with Gasteiger partial charge in [-0.15, -0.1) is 0 Å². The molecule has 0 amide bonds. The molecule has 3 N–H and O–H groups in total. The lowest BCUT2D eigenvalue weighted by Gasteiger charge is -2.19. The second-order valence-corrected chi connectivity index (χ2v) is 16.0. The molecule has 0 aliphatic rings. The van der Waals surface area contributed by atoms with Crippen LogP contribution in [0.15, 0.2) is 72.9 Å². The van der Waals surface area contributed by atoms with E-state index in [2.05, 4.69) is 86.8 Å². The summed E-state index contributed by atoms with van der Waals surface area (Å²) in [7, 11) is -4.37. The summed E-state index contributed by atoms with van der Waals surface area (Å²) in [4.78, 5) is 34.7. The topological polar surface area (TPSA) is 134 Å². The Kier molecular flexibility index (Phi) is 41.1. The molecular formula is C47H82NO8P.